The Balaban J connectivity index is 2.53. The summed E-state index contributed by atoms with van der Waals surface area (Å²) in [4.78, 5) is 34.5. The average Bonchev–Trinajstić information content (AvgIpc) is 2.08. The number of hydrogen-bond donors (Lipinski definition) is 1. The van der Waals surface area contributed by atoms with Crippen molar-refractivity contribution in [2.24, 2.45) is 0 Å². The summed E-state index contributed by atoms with van der Waals surface area (Å²) in [5.74, 6) is -1.09. The van der Waals surface area contributed by atoms with Gasteiger partial charge < -0.3 is 10.2 Å². The number of nitrogens with one attached hydrogen (secondary N) is 1. The Labute approximate surface area is 82.4 Å². The van der Waals surface area contributed by atoms with Crippen LogP contribution in [0.2, 0.25) is 0 Å². The maximum atomic E-state index is 11.3. The highest BCUT2D eigenvalue weighted by Crippen LogP contribution is 2.02. The number of hydrogen-bond acceptors (Lipinski definition) is 3. The highest BCUT2D eigenvalue weighted by atomic mass is 16.2. The third-order valence-electron chi connectivity index (χ3n) is 2.09. The molecule has 1 saturated heterocycles. The fraction of sp³-hybridized carbons (Fsp3) is 0.667. The minimum Gasteiger partial charge on any atom is -0.344 e. The van der Waals surface area contributed by atoms with E-state index in [9.17, 15) is 14.4 Å². The number of carbonyl (C=O) groups is 3. The lowest BCUT2D eigenvalue weighted by Gasteiger charge is -2.30. The number of nitrogens with zero attached hydrogens (tertiary/aromatic N) is 1. The summed E-state index contributed by atoms with van der Waals surface area (Å²) in [6.45, 7) is 4.12. The van der Waals surface area contributed by atoms with Gasteiger partial charge >= 0.3 is 11.8 Å². The zero-order valence-electron chi connectivity index (χ0n) is 8.37. The van der Waals surface area contributed by atoms with E-state index < -0.39 is 11.8 Å². The zero-order valence-corrected chi connectivity index (χ0v) is 8.37. The Kier molecular flexibility index (Phi) is 3.22. The number of piperazine rings is 1. The summed E-state index contributed by atoms with van der Waals surface area (Å²) >= 11 is 0. The van der Waals surface area contributed by atoms with Gasteiger partial charge in [-0.15, -0.1) is 0 Å². The van der Waals surface area contributed by atoms with Crippen LogP contribution in [0.25, 0.3) is 0 Å². The van der Waals surface area contributed by atoms with Gasteiger partial charge in [-0.1, -0.05) is 0 Å². The molecule has 2 amide bonds. The third kappa shape index (κ3) is 2.55. The Morgan fingerprint density at radius 3 is 2.79 bits per heavy atom. The molecule has 0 aromatic rings. The van der Waals surface area contributed by atoms with Gasteiger partial charge in [-0.2, -0.15) is 0 Å². The van der Waals surface area contributed by atoms with Gasteiger partial charge in [0, 0.05) is 25.6 Å². The van der Waals surface area contributed by atoms with E-state index in [0.29, 0.717) is 19.5 Å². The van der Waals surface area contributed by atoms with E-state index in [1.807, 2.05) is 6.92 Å². The molecule has 0 spiro atoms. The minimum atomic E-state index is -0.577. The van der Waals surface area contributed by atoms with Crippen molar-refractivity contribution in [3.63, 3.8) is 0 Å². The van der Waals surface area contributed by atoms with Crippen LogP contribution in [0.3, 0.4) is 0 Å². The van der Waals surface area contributed by atoms with Gasteiger partial charge in [-0.05, 0) is 13.8 Å². The van der Waals surface area contributed by atoms with Crippen molar-refractivity contribution in [3.05, 3.63) is 0 Å². The first-order valence-corrected chi connectivity index (χ1v) is 4.60. The molecule has 0 aromatic carbocycles. The summed E-state index contributed by atoms with van der Waals surface area (Å²) in [6, 6.07) is -0.0350. The quantitative estimate of drug-likeness (QED) is 0.610. The van der Waals surface area contributed by atoms with Gasteiger partial charge in [-0.3, -0.25) is 14.4 Å². The largest absolute Gasteiger partial charge is 0.344 e. The molecule has 0 radical (unpaired) electrons. The van der Waals surface area contributed by atoms with Gasteiger partial charge in [0.05, 0.1) is 0 Å². The molecular formula is C9H14N2O3. The highest BCUT2D eigenvalue weighted by molar-refractivity contribution is 6.35. The van der Waals surface area contributed by atoms with Crippen LogP contribution in [-0.2, 0) is 14.4 Å². The van der Waals surface area contributed by atoms with Gasteiger partial charge in [0.15, 0.2) is 0 Å². The van der Waals surface area contributed by atoms with Crippen LogP contribution in [0.5, 0.6) is 0 Å². The van der Waals surface area contributed by atoms with E-state index in [4.69, 9.17) is 0 Å². The van der Waals surface area contributed by atoms with E-state index in [0.717, 1.165) is 0 Å². The molecule has 14 heavy (non-hydrogen) atoms. The second-order valence-corrected chi connectivity index (χ2v) is 3.58. The lowest BCUT2D eigenvalue weighted by atomic mass is 10.2. The maximum Gasteiger partial charge on any atom is 0.311 e. The molecule has 5 heteroatoms. The van der Waals surface area contributed by atoms with Crippen LogP contribution in [0.1, 0.15) is 20.3 Å². The van der Waals surface area contributed by atoms with E-state index in [1.165, 1.54) is 11.8 Å². The molecule has 1 aliphatic heterocycles. The van der Waals surface area contributed by atoms with Gasteiger partial charge in [0.1, 0.15) is 5.78 Å². The van der Waals surface area contributed by atoms with Gasteiger partial charge in [-0.25, -0.2) is 0 Å². The smallest absolute Gasteiger partial charge is 0.311 e. The lowest BCUT2D eigenvalue weighted by molar-refractivity contribution is -0.149. The first-order valence-electron chi connectivity index (χ1n) is 4.60. The molecule has 1 aliphatic rings. The van der Waals surface area contributed by atoms with Crippen molar-refractivity contribution in [2.75, 3.05) is 13.1 Å². The van der Waals surface area contributed by atoms with Crippen molar-refractivity contribution < 1.29 is 14.4 Å². The number of carbonyl (C=O) groups excluding carboxylic acids is 3. The molecule has 0 aliphatic carbocycles. The molecule has 1 rings (SSSR count). The SMILES string of the molecule is CC(=O)CCN1CC(C)NC(=O)C1=O. The van der Waals surface area contributed by atoms with Gasteiger partial charge in [0.25, 0.3) is 0 Å². The van der Waals surface area contributed by atoms with E-state index in [-0.39, 0.29) is 11.8 Å². The van der Waals surface area contributed by atoms with Gasteiger partial charge in [0.2, 0.25) is 0 Å². The maximum absolute atomic E-state index is 11.3. The van der Waals surface area contributed by atoms with E-state index >= 15 is 0 Å². The van der Waals surface area contributed by atoms with Crippen LogP contribution >= 0.6 is 0 Å². The van der Waals surface area contributed by atoms with Crippen LogP contribution in [-0.4, -0.2) is 41.6 Å². The van der Waals surface area contributed by atoms with E-state index in [2.05, 4.69) is 5.32 Å². The predicted molar refractivity (Wildman–Crippen MR) is 49.5 cm³/mol. The first-order chi connectivity index (χ1) is 6.50. The van der Waals surface area contributed by atoms with Crippen molar-refractivity contribution in [2.45, 2.75) is 26.3 Å². The second-order valence-electron chi connectivity index (χ2n) is 3.58. The molecule has 0 bridgehead atoms. The molecule has 0 saturated carbocycles. The molecule has 0 aromatic heterocycles. The van der Waals surface area contributed by atoms with Crippen molar-refractivity contribution in [3.8, 4) is 0 Å². The summed E-state index contributed by atoms with van der Waals surface area (Å²) in [6.07, 6.45) is 0.311. The Hall–Kier alpha value is -1.39. The molecule has 1 fully saturated rings. The standard InChI is InChI=1S/C9H14N2O3/c1-6-5-11(4-3-7(2)12)9(14)8(13)10-6/h6H,3-5H2,1-2H3,(H,10,13). The number of amides is 2. The normalized spacial score (nSPS) is 22.1. The monoisotopic (exact) mass is 198 g/mol. The summed E-state index contributed by atoms with van der Waals surface area (Å²) < 4.78 is 0. The molecule has 1 unspecified atom stereocenters. The summed E-state index contributed by atoms with van der Waals surface area (Å²) in [5, 5.41) is 2.53. The topological polar surface area (TPSA) is 66.5 Å². The second kappa shape index (κ2) is 4.21. The zero-order chi connectivity index (χ0) is 10.7. The molecular weight excluding hydrogens is 184 g/mol. The average molecular weight is 198 g/mol. The molecule has 1 N–H and O–H groups in total. The highest BCUT2D eigenvalue weighted by Gasteiger charge is 2.29. The number of Topliss-reactive ketones (excluding diaryl/α,β-unsaturated/α-hetero) is 1. The van der Waals surface area contributed by atoms with Crippen molar-refractivity contribution in [1.82, 2.24) is 10.2 Å². The van der Waals surface area contributed by atoms with E-state index in [1.54, 1.807) is 0 Å². The fourth-order valence-electron chi connectivity index (χ4n) is 1.37. The summed E-state index contributed by atoms with van der Waals surface area (Å²) in [7, 11) is 0. The molecule has 5 nitrogen and oxygen atoms in total. The van der Waals surface area contributed by atoms with Crippen LogP contribution in [0, 0.1) is 0 Å². The fourth-order valence-corrected chi connectivity index (χ4v) is 1.37. The van der Waals surface area contributed by atoms with Crippen LogP contribution in [0.4, 0.5) is 0 Å². The van der Waals surface area contributed by atoms with Crippen LogP contribution < -0.4 is 5.32 Å². The molecule has 1 heterocycles. The predicted octanol–water partition coefficient (Wildman–Crippen LogP) is -0.688. The third-order valence-corrected chi connectivity index (χ3v) is 2.09. The molecule has 1 atom stereocenters. The van der Waals surface area contributed by atoms with Crippen LogP contribution in [0.15, 0.2) is 0 Å². The minimum absolute atomic E-state index is 0.0245. The molecule has 78 valence electrons. The Morgan fingerprint density at radius 1 is 1.57 bits per heavy atom. The number of rotatable bonds is 3. The first kappa shape index (κ1) is 10.7. The lowest BCUT2D eigenvalue weighted by Crippen LogP contribution is -2.56. The Morgan fingerprint density at radius 2 is 2.21 bits per heavy atom. The van der Waals surface area contributed by atoms with Crippen molar-refractivity contribution in [1.29, 1.82) is 0 Å². The number of ketones is 1. The Bertz CT molecular complexity index is 275. The van der Waals surface area contributed by atoms with Crippen molar-refractivity contribution >= 4 is 17.6 Å². The summed E-state index contributed by atoms with van der Waals surface area (Å²) in [5.41, 5.74) is 0.